The van der Waals surface area contributed by atoms with E-state index in [0.29, 0.717) is 47.4 Å². The van der Waals surface area contributed by atoms with E-state index in [1.54, 1.807) is 28.0 Å². The first-order valence-electron chi connectivity index (χ1n) is 8.50. The average molecular weight is 440 g/mol. The lowest BCUT2D eigenvalue weighted by atomic mass is 9.97. The summed E-state index contributed by atoms with van der Waals surface area (Å²) in [6.07, 6.45) is 1.26. The van der Waals surface area contributed by atoms with Crippen LogP contribution in [0.25, 0.3) is 11.1 Å². The Morgan fingerprint density at radius 2 is 1.61 bits per heavy atom. The van der Waals surface area contributed by atoms with E-state index in [-0.39, 0.29) is 28.1 Å². The monoisotopic (exact) mass is 438 g/mol. The van der Waals surface area contributed by atoms with Gasteiger partial charge in [-0.25, -0.2) is 0 Å². The zero-order valence-electron chi connectivity index (χ0n) is 14.8. The number of aromatic hydroxyl groups is 1. The lowest BCUT2D eigenvalue weighted by Gasteiger charge is -2.34. The highest BCUT2D eigenvalue weighted by Crippen LogP contribution is 2.40. The number of carbonyl (C=O) groups excluding carboxylic acids is 2. The predicted octanol–water partition coefficient (Wildman–Crippen LogP) is 4.49. The van der Waals surface area contributed by atoms with Crippen LogP contribution in [0.1, 0.15) is 10.4 Å². The van der Waals surface area contributed by atoms with E-state index in [0.717, 1.165) is 0 Å². The molecule has 28 heavy (non-hydrogen) atoms. The Morgan fingerprint density at radius 1 is 0.964 bits per heavy atom. The molecule has 1 fully saturated rings. The van der Waals surface area contributed by atoms with Gasteiger partial charge in [0.15, 0.2) is 0 Å². The third kappa shape index (κ3) is 4.12. The Balaban J connectivity index is 1.98. The summed E-state index contributed by atoms with van der Waals surface area (Å²) in [6, 6.07) is 7.60. The number of halogens is 3. The molecule has 0 saturated carbocycles. The van der Waals surface area contributed by atoms with Gasteiger partial charge in [0.25, 0.3) is 5.91 Å². The van der Waals surface area contributed by atoms with E-state index in [4.69, 9.17) is 34.8 Å². The molecule has 1 aliphatic rings. The molecule has 1 aliphatic heterocycles. The number of phenolic OH excluding ortho intramolecular Hbond substituents is 1. The zero-order chi connectivity index (χ0) is 20.4. The Hall–Kier alpha value is -2.21. The van der Waals surface area contributed by atoms with Crippen molar-refractivity contribution in [2.24, 2.45) is 0 Å². The predicted molar refractivity (Wildman–Crippen MR) is 111 cm³/mol. The fourth-order valence-electron chi connectivity index (χ4n) is 3.15. The molecular formula is C20H17Cl3N2O3. The topological polar surface area (TPSA) is 60.9 Å². The normalized spacial score (nSPS) is 14.1. The Bertz CT molecular complexity index is 954. The van der Waals surface area contributed by atoms with Gasteiger partial charge in [-0.2, -0.15) is 0 Å². The fraction of sp³-hybridized carbons (Fsp3) is 0.200. The molecule has 1 N–H and O–H groups in total. The van der Waals surface area contributed by atoms with Crippen molar-refractivity contribution in [1.29, 1.82) is 0 Å². The molecule has 0 bridgehead atoms. The van der Waals surface area contributed by atoms with Crippen molar-refractivity contribution >= 4 is 46.6 Å². The maximum atomic E-state index is 13.2. The number of rotatable bonds is 3. The molecule has 0 radical (unpaired) electrons. The van der Waals surface area contributed by atoms with Crippen LogP contribution in [0.3, 0.4) is 0 Å². The van der Waals surface area contributed by atoms with Crippen LogP contribution in [0.2, 0.25) is 15.1 Å². The highest BCUT2D eigenvalue weighted by Gasteiger charge is 2.27. The van der Waals surface area contributed by atoms with Crippen molar-refractivity contribution in [3.8, 4) is 16.9 Å². The second-order valence-electron chi connectivity index (χ2n) is 6.30. The Kier molecular flexibility index (Phi) is 6.18. The van der Waals surface area contributed by atoms with Crippen molar-refractivity contribution in [2.75, 3.05) is 26.2 Å². The highest BCUT2D eigenvalue weighted by atomic mass is 35.5. The first kappa shape index (κ1) is 20.5. The lowest BCUT2D eigenvalue weighted by Crippen LogP contribution is -2.50. The second-order valence-corrected chi connectivity index (χ2v) is 7.55. The van der Waals surface area contributed by atoms with Crippen LogP contribution < -0.4 is 0 Å². The third-order valence-electron chi connectivity index (χ3n) is 4.56. The minimum Gasteiger partial charge on any atom is -0.508 e. The minimum atomic E-state index is -0.311. The molecule has 5 nitrogen and oxygen atoms in total. The van der Waals surface area contributed by atoms with Gasteiger partial charge in [0.1, 0.15) is 5.75 Å². The van der Waals surface area contributed by atoms with Crippen molar-refractivity contribution in [3.63, 3.8) is 0 Å². The van der Waals surface area contributed by atoms with E-state index >= 15 is 0 Å². The van der Waals surface area contributed by atoms with Crippen molar-refractivity contribution in [2.45, 2.75) is 0 Å². The van der Waals surface area contributed by atoms with Crippen molar-refractivity contribution < 1.29 is 14.7 Å². The molecule has 0 atom stereocenters. The van der Waals surface area contributed by atoms with Gasteiger partial charge in [-0.1, -0.05) is 41.4 Å². The summed E-state index contributed by atoms with van der Waals surface area (Å²) >= 11 is 18.8. The molecule has 1 saturated heterocycles. The molecule has 2 aromatic carbocycles. The summed E-state index contributed by atoms with van der Waals surface area (Å²) in [5, 5.41) is 11.0. The number of carbonyl (C=O) groups is 2. The largest absolute Gasteiger partial charge is 0.508 e. The molecule has 0 aliphatic carbocycles. The second kappa shape index (κ2) is 8.43. The van der Waals surface area contributed by atoms with E-state index in [1.165, 1.54) is 18.2 Å². The average Bonchev–Trinajstić information content (AvgIpc) is 2.68. The van der Waals surface area contributed by atoms with Crippen LogP contribution in [0.4, 0.5) is 0 Å². The number of piperazine rings is 1. The van der Waals surface area contributed by atoms with Crippen LogP contribution >= 0.6 is 34.8 Å². The van der Waals surface area contributed by atoms with E-state index in [2.05, 4.69) is 6.58 Å². The molecule has 0 aromatic heterocycles. The van der Waals surface area contributed by atoms with E-state index in [1.807, 2.05) is 0 Å². The van der Waals surface area contributed by atoms with Gasteiger partial charge in [-0.15, -0.1) is 0 Å². The number of nitrogens with zero attached hydrogens (tertiary/aromatic N) is 2. The van der Waals surface area contributed by atoms with Gasteiger partial charge in [0.2, 0.25) is 5.91 Å². The molecule has 2 amide bonds. The standard InChI is InChI=1S/C20H17Cl3N2O3/c1-2-18(27)24-5-7-25(8-6-24)20(28)15-10-13(26)11-17(23)19(15)14-9-12(21)3-4-16(14)22/h2-4,9-11,26H,1,5-8H2. The number of benzene rings is 2. The van der Waals surface area contributed by atoms with Crippen LogP contribution in [0.5, 0.6) is 5.75 Å². The molecule has 0 spiro atoms. The highest BCUT2D eigenvalue weighted by molar-refractivity contribution is 6.38. The number of hydrogen-bond acceptors (Lipinski definition) is 3. The fourth-order valence-corrected chi connectivity index (χ4v) is 3.85. The van der Waals surface area contributed by atoms with Gasteiger partial charge in [-0.3, -0.25) is 9.59 Å². The molecule has 1 heterocycles. The zero-order valence-corrected chi connectivity index (χ0v) is 17.1. The SMILES string of the molecule is C=CC(=O)N1CCN(C(=O)c2cc(O)cc(Cl)c2-c2cc(Cl)ccc2Cl)CC1. The maximum absolute atomic E-state index is 13.2. The molecule has 3 rings (SSSR count). The van der Waals surface area contributed by atoms with Crippen molar-refractivity contribution in [3.05, 3.63) is 63.6 Å². The molecule has 146 valence electrons. The third-order valence-corrected chi connectivity index (χ3v) is 5.42. The quantitative estimate of drug-likeness (QED) is 0.717. The number of hydrogen-bond donors (Lipinski definition) is 1. The molecular weight excluding hydrogens is 423 g/mol. The van der Waals surface area contributed by atoms with Gasteiger partial charge in [-0.05, 0) is 36.4 Å². The van der Waals surface area contributed by atoms with Crippen molar-refractivity contribution in [1.82, 2.24) is 9.80 Å². The van der Waals surface area contributed by atoms with Gasteiger partial charge >= 0.3 is 0 Å². The van der Waals surface area contributed by atoms with Crippen LogP contribution in [-0.2, 0) is 4.79 Å². The van der Waals surface area contributed by atoms with E-state index in [9.17, 15) is 14.7 Å². The Morgan fingerprint density at radius 3 is 2.25 bits per heavy atom. The van der Waals surface area contributed by atoms with Gasteiger partial charge in [0, 0.05) is 47.4 Å². The number of amides is 2. The van der Waals surface area contributed by atoms with Crippen LogP contribution in [-0.4, -0.2) is 52.9 Å². The molecule has 8 heteroatoms. The maximum Gasteiger partial charge on any atom is 0.254 e. The molecule has 2 aromatic rings. The van der Waals surface area contributed by atoms with Gasteiger partial charge < -0.3 is 14.9 Å². The first-order valence-corrected chi connectivity index (χ1v) is 9.63. The first-order chi connectivity index (χ1) is 13.3. The summed E-state index contributed by atoms with van der Waals surface area (Å²) in [4.78, 5) is 28.2. The number of phenols is 1. The summed E-state index contributed by atoms with van der Waals surface area (Å²) in [5.41, 5.74) is 1.13. The van der Waals surface area contributed by atoms with E-state index < -0.39 is 0 Å². The Labute approximate surface area is 177 Å². The summed E-state index contributed by atoms with van der Waals surface area (Å²) in [7, 11) is 0. The summed E-state index contributed by atoms with van der Waals surface area (Å²) < 4.78 is 0. The summed E-state index contributed by atoms with van der Waals surface area (Å²) in [6.45, 7) is 4.99. The minimum absolute atomic E-state index is 0.129. The molecule has 0 unspecified atom stereocenters. The lowest BCUT2D eigenvalue weighted by molar-refractivity contribution is -0.127. The van der Waals surface area contributed by atoms with Crippen LogP contribution in [0.15, 0.2) is 43.0 Å². The van der Waals surface area contributed by atoms with Crippen LogP contribution in [0, 0.1) is 0 Å². The summed E-state index contributed by atoms with van der Waals surface area (Å²) in [5.74, 6) is -0.607. The smallest absolute Gasteiger partial charge is 0.254 e. The van der Waals surface area contributed by atoms with Gasteiger partial charge in [0.05, 0.1) is 10.6 Å².